The van der Waals surface area contributed by atoms with Crippen molar-refractivity contribution < 1.29 is 68.6 Å². The van der Waals surface area contributed by atoms with E-state index in [2.05, 4.69) is 61.5 Å². The van der Waals surface area contributed by atoms with Gasteiger partial charge in [0.2, 0.25) is 0 Å². The fourth-order valence-electron chi connectivity index (χ4n) is 12.9. The van der Waals surface area contributed by atoms with Gasteiger partial charge in [0, 0.05) is 25.2 Å². The minimum absolute atomic E-state index is 0.0254. The maximum atomic E-state index is 12.6. The molecular weight excluding hydrogens is 764 g/mol. The molecule has 5 fully saturated rings. The van der Waals surface area contributed by atoms with Gasteiger partial charge in [0.25, 0.3) is 0 Å². The molecule has 3 saturated carbocycles. The van der Waals surface area contributed by atoms with Crippen molar-refractivity contribution in [3.05, 3.63) is 23.3 Å². The number of hydrogen-bond acceptors (Lipinski definition) is 14. The average Bonchev–Trinajstić information content (AvgIpc) is 3.37. The Morgan fingerprint density at radius 2 is 1.54 bits per heavy atom. The molecular formula is C45H72O14. The Morgan fingerprint density at radius 1 is 0.864 bits per heavy atom. The van der Waals surface area contributed by atoms with Crippen LogP contribution in [-0.2, 0) is 38.0 Å². The summed E-state index contributed by atoms with van der Waals surface area (Å²) in [6, 6.07) is 0. The van der Waals surface area contributed by atoms with Gasteiger partial charge in [-0.1, -0.05) is 64.8 Å². The van der Waals surface area contributed by atoms with Gasteiger partial charge < -0.3 is 59.1 Å². The first-order chi connectivity index (χ1) is 27.5. The zero-order chi connectivity index (χ0) is 43.6. The molecule has 4 aliphatic carbocycles. The van der Waals surface area contributed by atoms with Crippen LogP contribution in [-0.4, -0.2) is 129 Å². The van der Waals surface area contributed by atoms with Gasteiger partial charge in [0.1, 0.15) is 43.2 Å². The first kappa shape index (κ1) is 46.5. The Labute approximate surface area is 349 Å². The monoisotopic (exact) mass is 836 g/mol. The van der Waals surface area contributed by atoms with E-state index in [0.29, 0.717) is 12.8 Å². The van der Waals surface area contributed by atoms with E-state index in [0.717, 1.165) is 37.7 Å². The predicted octanol–water partition coefficient (Wildman–Crippen LogP) is 3.71. The molecule has 0 spiro atoms. The number of esters is 2. The van der Waals surface area contributed by atoms with Gasteiger partial charge in [0.05, 0.1) is 24.9 Å². The van der Waals surface area contributed by atoms with Crippen LogP contribution in [0.25, 0.3) is 0 Å². The summed E-state index contributed by atoms with van der Waals surface area (Å²) < 4.78 is 35.8. The summed E-state index contributed by atoms with van der Waals surface area (Å²) >= 11 is 0. The van der Waals surface area contributed by atoms with E-state index in [9.17, 15) is 40.2 Å². The number of fused-ring (bicyclic) bond motifs is 5. The normalized spacial score (nSPS) is 47.1. The van der Waals surface area contributed by atoms with Gasteiger partial charge in [-0.25, -0.2) is 0 Å². The molecule has 0 radical (unpaired) electrons. The Hall–Kier alpha value is -1.98. The molecule has 0 unspecified atom stereocenters. The minimum Gasteiger partial charge on any atom is -0.463 e. The molecule has 59 heavy (non-hydrogen) atoms. The summed E-state index contributed by atoms with van der Waals surface area (Å²) in [6.07, 6.45) is -3.72. The summed E-state index contributed by atoms with van der Waals surface area (Å²) in [4.78, 5) is 23.8. The highest BCUT2D eigenvalue weighted by atomic mass is 16.7. The second kappa shape index (κ2) is 17.3. The lowest BCUT2D eigenvalue weighted by atomic mass is 9.38. The van der Waals surface area contributed by atoms with Gasteiger partial charge in [-0.05, 0) is 92.8 Å². The molecule has 14 heteroatoms. The van der Waals surface area contributed by atoms with Crippen LogP contribution in [0.2, 0.25) is 0 Å². The van der Waals surface area contributed by atoms with E-state index in [1.165, 1.54) is 19.4 Å². The highest BCUT2D eigenvalue weighted by molar-refractivity contribution is 5.66. The second-order valence-corrected chi connectivity index (χ2v) is 20.3. The summed E-state index contributed by atoms with van der Waals surface area (Å²) in [7, 11) is 0. The van der Waals surface area contributed by atoms with Crippen molar-refractivity contribution in [2.75, 3.05) is 13.2 Å². The summed E-state index contributed by atoms with van der Waals surface area (Å²) in [5.41, 5.74) is 0.730. The van der Waals surface area contributed by atoms with Crippen molar-refractivity contribution in [1.82, 2.24) is 0 Å². The highest BCUT2D eigenvalue weighted by Crippen LogP contribution is 2.75. The molecule has 2 heterocycles. The molecule has 6 N–H and O–H groups in total. The second-order valence-electron chi connectivity index (χ2n) is 20.3. The average molecular weight is 837 g/mol. The summed E-state index contributed by atoms with van der Waals surface area (Å²) in [6.45, 7) is 19.6. The topological polar surface area (TPSA) is 211 Å². The van der Waals surface area contributed by atoms with E-state index in [-0.39, 0.29) is 53.8 Å². The van der Waals surface area contributed by atoms with Crippen LogP contribution in [0, 0.1) is 45.3 Å². The van der Waals surface area contributed by atoms with Crippen LogP contribution >= 0.6 is 0 Å². The van der Waals surface area contributed by atoms with Gasteiger partial charge in [0.15, 0.2) is 18.7 Å². The van der Waals surface area contributed by atoms with Crippen molar-refractivity contribution in [3.63, 3.8) is 0 Å². The smallest absolute Gasteiger partial charge is 0.303 e. The van der Waals surface area contributed by atoms with Crippen molar-refractivity contribution >= 4 is 11.9 Å². The zero-order valence-corrected chi connectivity index (χ0v) is 36.7. The van der Waals surface area contributed by atoms with E-state index in [1.54, 1.807) is 0 Å². The molecule has 0 amide bonds. The highest BCUT2D eigenvalue weighted by Gasteiger charge is 2.72. The molecule has 19 atom stereocenters. The number of carbonyl (C=O) groups is 2. The Kier molecular flexibility index (Phi) is 13.6. The molecule has 2 saturated heterocycles. The number of aliphatic hydroxyl groups excluding tert-OH is 6. The first-order valence-electron chi connectivity index (χ1n) is 21.8. The van der Waals surface area contributed by atoms with Crippen molar-refractivity contribution in [1.29, 1.82) is 0 Å². The fourth-order valence-corrected chi connectivity index (χ4v) is 12.9. The van der Waals surface area contributed by atoms with Crippen LogP contribution in [0.4, 0.5) is 0 Å². The standard InChI is InChI=1S/C45H72O14/c1-22(2)12-11-13-23(3)33-30(57-41-37(53)35(51)38(56-25(5)47)31(58-41)21-54-24(4)46)19-45(10)39-28(48)18-27-26(43(39,8)16-17-44(33,45)9)14-15-32(42(27,6)7)59-40-36(52)34(50)29(49)20-55-40/h12,18,23,26,28-41,48-53H,11,13-17,19-21H2,1-10H3/t23-,26-,28+,29+,30+,31+,32+,33-,34-,35+,36-,37-,38+,39+,40+,41+,43+,44+,45-/m1/s1. The maximum absolute atomic E-state index is 12.6. The van der Waals surface area contributed by atoms with Crippen LogP contribution in [0.1, 0.15) is 114 Å². The molecule has 14 nitrogen and oxygen atoms in total. The lowest BCUT2D eigenvalue weighted by molar-refractivity contribution is -0.317. The van der Waals surface area contributed by atoms with Crippen LogP contribution in [0.5, 0.6) is 0 Å². The third-order valence-electron chi connectivity index (χ3n) is 16.0. The largest absolute Gasteiger partial charge is 0.463 e. The van der Waals surface area contributed by atoms with E-state index in [1.807, 2.05) is 6.08 Å². The number of rotatable bonds is 11. The van der Waals surface area contributed by atoms with Crippen molar-refractivity contribution in [2.24, 2.45) is 45.3 Å². The van der Waals surface area contributed by atoms with Gasteiger partial charge in [-0.2, -0.15) is 0 Å². The van der Waals surface area contributed by atoms with E-state index < -0.39 is 90.3 Å². The fraction of sp³-hybridized carbons (Fsp3) is 0.867. The quantitative estimate of drug-likeness (QED) is 0.130. The number of carbonyl (C=O) groups excluding carboxylic acids is 2. The van der Waals surface area contributed by atoms with Gasteiger partial charge in [-0.15, -0.1) is 0 Å². The zero-order valence-electron chi connectivity index (χ0n) is 36.7. The van der Waals surface area contributed by atoms with Crippen LogP contribution < -0.4 is 0 Å². The van der Waals surface area contributed by atoms with Gasteiger partial charge in [-0.3, -0.25) is 9.59 Å². The van der Waals surface area contributed by atoms with E-state index in [4.69, 9.17) is 28.4 Å². The van der Waals surface area contributed by atoms with Crippen molar-refractivity contribution in [2.45, 2.75) is 188 Å². The lowest BCUT2D eigenvalue weighted by Crippen LogP contribution is -2.63. The predicted molar refractivity (Wildman–Crippen MR) is 214 cm³/mol. The molecule has 6 aliphatic rings. The lowest BCUT2D eigenvalue weighted by Gasteiger charge is -2.67. The third-order valence-corrected chi connectivity index (χ3v) is 16.0. The molecule has 2 aliphatic heterocycles. The Balaban J connectivity index is 1.32. The number of ether oxygens (including phenoxy) is 6. The van der Waals surface area contributed by atoms with E-state index >= 15 is 0 Å². The molecule has 336 valence electrons. The number of hydrogen-bond donors (Lipinski definition) is 6. The number of allylic oxidation sites excluding steroid dienone is 2. The van der Waals surface area contributed by atoms with Crippen molar-refractivity contribution in [3.8, 4) is 0 Å². The number of aliphatic hydroxyl groups is 6. The molecule has 0 aromatic heterocycles. The molecule has 6 rings (SSSR count). The molecule has 0 bridgehead atoms. The molecule has 0 aromatic carbocycles. The third kappa shape index (κ3) is 8.34. The van der Waals surface area contributed by atoms with Gasteiger partial charge >= 0.3 is 11.9 Å². The minimum atomic E-state index is -1.57. The molecule has 0 aromatic rings. The van der Waals surface area contributed by atoms with Crippen LogP contribution in [0.3, 0.4) is 0 Å². The summed E-state index contributed by atoms with van der Waals surface area (Å²) in [5, 5.41) is 66.4. The Morgan fingerprint density at radius 3 is 2.19 bits per heavy atom. The maximum Gasteiger partial charge on any atom is 0.303 e. The van der Waals surface area contributed by atoms with Crippen LogP contribution in [0.15, 0.2) is 23.3 Å². The first-order valence-corrected chi connectivity index (χ1v) is 21.8. The Bertz CT molecular complexity index is 1590. The SMILES string of the molecule is CC(=O)OC[C@@H]1O[C@H](O[C@H]2C[C@]3(C)[C@H]4[C@@H](O)C=C5[C@@H](CC[C@H](O[C@@H]6OC[C@H](O)[C@@H](O)[C@H]6O)C5(C)C)[C@]4(C)CC[C@@]3(C)[C@@H]2[C@H](C)CCC=C(C)C)[C@H](O)[C@H](O)[C@H]1OC(C)=O. The summed E-state index contributed by atoms with van der Waals surface area (Å²) in [5.74, 6) is -1.15.